The molecule has 1 atom stereocenters. The molecule has 0 aliphatic heterocycles. The lowest BCUT2D eigenvalue weighted by Crippen LogP contribution is -2.21. The van der Waals surface area contributed by atoms with Crippen LogP contribution in [0.3, 0.4) is 0 Å². The van der Waals surface area contributed by atoms with E-state index in [0.717, 1.165) is 29.4 Å². The van der Waals surface area contributed by atoms with E-state index in [1.165, 1.54) is 5.56 Å². The number of aryl methyl sites for hydroxylation is 1. The van der Waals surface area contributed by atoms with Gasteiger partial charge in [0, 0.05) is 29.1 Å². The van der Waals surface area contributed by atoms with E-state index in [1.54, 1.807) is 6.07 Å². The van der Waals surface area contributed by atoms with Gasteiger partial charge in [-0.2, -0.15) is 0 Å². The van der Waals surface area contributed by atoms with Crippen LogP contribution in [-0.4, -0.2) is 0 Å². The average Bonchev–Trinajstić information content (AvgIpc) is 2.60. The topological polar surface area (TPSA) is 42.2 Å². The highest BCUT2D eigenvalue weighted by Crippen LogP contribution is 2.26. The molecule has 0 spiro atoms. The third-order valence-electron chi connectivity index (χ3n) is 4.43. The van der Waals surface area contributed by atoms with Gasteiger partial charge < -0.3 is 9.73 Å². The van der Waals surface area contributed by atoms with Crippen molar-refractivity contribution in [2.24, 2.45) is 0 Å². The number of benzene rings is 2. The van der Waals surface area contributed by atoms with Gasteiger partial charge >= 0.3 is 5.63 Å². The Morgan fingerprint density at radius 3 is 2.64 bits per heavy atom. The minimum Gasteiger partial charge on any atom is -0.423 e. The highest BCUT2D eigenvalue weighted by molar-refractivity contribution is 6.32. The Bertz CT molecular complexity index is 918. The van der Waals surface area contributed by atoms with Gasteiger partial charge in [-0.15, -0.1) is 0 Å². The van der Waals surface area contributed by atoms with E-state index in [0.29, 0.717) is 17.2 Å². The van der Waals surface area contributed by atoms with Crippen molar-refractivity contribution < 1.29 is 4.42 Å². The molecule has 0 radical (unpaired) electrons. The van der Waals surface area contributed by atoms with E-state index in [1.807, 2.05) is 25.1 Å². The van der Waals surface area contributed by atoms with Crippen LogP contribution in [0.4, 0.5) is 0 Å². The van der Waals surface area contributed by atoms with Gasteiger partial charge in [0.15, 0.2) is 0 Å². The molecule has 4 heteroatoms. The Hall–Kier alpha value is -2.10. The predicted molar refractivity (Wildman–Crippen MR) is 103 cm³/mol. The molecule has 0 bridgehead atoms. The van der Waals surface area contributed by atoms with Crippen LogP contribution in [0.5, 0.6) is 0 Å². The van der Waals surface area contributed by atoms with Crippen molar-refractivity contribution in [2.75, 3.05) is 0 Å². The van der Waals surface area contributed by atoms with Gasteiger partial charge in [0.1, 0.15) is 5.58 Å². The van der Waals surface area contributed by atoms with Crippen LogP contribution in [0.2, 0.25) is 5.02 Å². The predicted octanol–water partition coefficient (Wildman–Crippen LogP) is 5.39. The fourth-order valence-corrected chi connectivity index (χ4v) is 3.25. The summed E-state index contributed by atoms with van der Waals surface area (Å²) in [5, 5.41) is 5.14. The SMILES string of the molecule is CCC[C@@H](NCc1cc(=O)oc2cc(C)c(Cl)cc12)c1ccccc1. The molecule has 25 heavy (non-hydrogen) atoms. The van der Waals surface area contributed by atoms with Crippen LogP contribution in [-0.2, 0) is 6.54 Å². The number of halogens is 1. The zero-order valence-electron chi connectivity index (χ0n) is 14.5. The van der Waals surface area contributed by atoms with E-state index >= 15 is 0 Å². The lowest BCUT2D eigenvalue weighted by atomic mass is 10.0. The summed E-state index contributed by atoms with van der Waals surface area (Å²) in [6, 6.07) is 15.9. The van der Waals surface area contributed by atoms with Crippen molar-refractivity contribution in [2.45, 2.75) is 39.3 Å². The van der Waals surface area contributed by atoms with E-state index < -0.39 is 0 Å². The number of nitrogens with one attached hydrogen (secondary N) is 1. The summed E-state index contributed by atoms with van der Waals surface area (Å²) in [5.74, 6) is 0. The minimum absolute atomic E-state index is 0.245. The van der Waals surface area contributed by atoms with Crippen molar-refractivity contribution in [3.8, 4) is 0 Å². The summed E-state index contributed by atoms with van der Waals surface area (Å²) >= 11 is 6.27. The number of hydrogen-bond donors (Lipinski definition) is 1. The molecule has 3 nitrogen and oxygen atoms in total. The first-order valence-electron chi connectivity index (χ1n) is 8.59. The van der Waals surface area contributed by atoms with Crippen LogP contribution >= 0.6 is 11.6 Å². The maximum Gasteiger partial charge on any atom is 0.336 e. The van der Waals surface area contributed by atoms with Crippen molar-refractivity contribution in [1.82, 2.24) is 5.32 Å². The first-order valence-corrected chi connectivity index (χ1v) is 8.97. The Balaban J connectivity index is 1.91. The third kappa shape index (κ3) is 4.12. The van der Waals surface area contributed by atoms with Gasteiger partial charge in [-0.1, -0.05) is 55.3 Å². The fourth-order valence-electron chi connectivity index (χ4n) is 3.09. The molecule has 0 saturated heterocycles. The molecule has 0 aliphatic carbocycles. The lowest BCUT2D eigenvalue weighted by molar-refractivity contribution is 0.491. The molecule has 0 unspecified atom stereocenters. The highest BCUT2D eigenvalue weighted by atomic mass is 35.5. The quantitative estimate of drug-likeness (QED) is 0.603. The van der Waals surface area contributed by atoms with Crippen LogP contribution in [0, 0.1) is 6.92 Å². The molecule has 0 fully saturated rings. The normalized spacial score (nSPS) is 12.4. The average molecular weight is 356 g/mol. The molecule has 3 rings (SSSR count). The Morgan fingerprint density at radius 1 is 1.16 bits per heavy atom. The number of fused-ring (bicyclic) bond motifs is 1. The van der Waals surface area contributed by atoms with Gasteiger partial charge in [0.25, 0.3) is 0 Å². The van der Waals surface area contributed by atoms with Crippen LogP contribution < -0.4 is 10.9 Å². The number of hydrogen-bond acceptors (Lipinski definition) is 3. The van der Waals surface area contributed by atoms with Crippen LogP contribution in [0.25, 0.3) is 11.0 Å². The van der Waals surface area contributed by atoms with E-state index in [-0.39, 0.29) is 11.7 Å². The molecule has 1 aromatic heterocycles. The minimum atomic E-state index is -0.335. The Kier molecular flexibility index (Phi) is 5.57. The molecule has 130 valence electrons. The molecule has 1 N–H and O–H groups in total. The second-order valence-corrected chi connectivity index (χ2v) is 6.73. The van der Waals surface area contributed by atoms with E-state index in [9.17, 15) is 4.79 Å². The van der Waals surface area contributed by atoms with Gasteiger partial charge in [0.05, 0.1) is 0 Å². The van der Waals surface area contributed by atoms with Crippen LogP contribution in [0.1, 0.15) is 42.5 Å². The zero-order chi connectivity index (χ0) is 17.8. The van der Waals surface area contributed by atoms with Crippen molar-refractivity contribution in [3.63, 3.8) is 0 Å². The van der Waals surface area contributed by atoms with Crippen LogP contribution in [0.15, 0.2) is 57.7 Å². The zero-order valence-corrected chi connectivity index (χ0v) is 15.3. The summed E-state index contributed by atoms with van der Waals surface area (Å²) in [5.41, 5.74) is 3.31. The lowest BCUT2D eigenvalue weighted by Gasteiger charge is -2.19. The number of rotatable bonds is 6. The summed E-state index contributed by atoms with van der Waals surface area (Å²) in [4.78, 5) is 11.9. The molecule has 0 saturated carbocycles. The van der Waals surface area contributed by atoms with Crippen molar-refractivity contribution >= 4 is 22.6 Å². The first-order chi connectivity index (χ1) is 12.1. The summed E-state index contributed by atoms with van der Waals surface area (Å²) < 4.78 is 5.34. The summed E-state index contributed by atoms with van der Waals surface area (Å²) in [6.45, 7) is 4.66. The molecule has 2 aromatic carbocycles. The second-order valence-electron chi connectivity index (χ2n) is 6.32. The van der Waals surface area contributed by atoms with Gasteiger partial charge in [-0.05, 0) is 42.2 Å². The van der Waals surface area contributed by atoms with Gasteiger partial charge in [-0.3, -0.25) is 0 Å². The second kappa shape index (κ2) is 7.85. The van der Waals surface area contributed by atoms with Gasteiger partial charge in [0.2, 0.25) is 0 Å². The molecule has 0 aliphatic rings. The monoisotopic (exact) mass is 355 g/mol. The molecular formula is C21H22ClNO2. The first kappa shape index (κ1) is 17.7. The molecule has 3 aromatic rings. The highest BCUT2D eigenvalue weighted by Gasteiger charge is 2.13. The van der Waals surface area contributed by atoms with Crippen molar-refractivity contribution in [3.05, 3.63) is 80.7 Å². The van der Waals surface area contributed by atoms with Gasteiger partial charge in [-0.25, -0.2) is 4.79 Å². The smallest absolute Gasteiger partial charge is 0.336 e. The third-order valence-corrected chi connectivity index (χ3v) is 4.83. The fraction of sp³-hybridized carbons (Fsp3) is 0.286. The largest absolute Gasteiger partial charge is 0.423 e. The molecular weight excluding hydrogens is 334 g/mol. The van der Waals surface area contributed by atoms with E-state index in [2.05, 4.69) is 36.5 Å². The Labute approximate surface area is 152 Å². The Morgan fingerprint density at radius 2 is 1.92 bits per heavy atom. The van der Waals surface area contributed by atoms with E-state index in [4.69, 9.17) is 16.0 Å². The molecule has 1 heterocycles. The molecule has 0 amide bonds. The maximum absolute atomic E-state index is 11.9. The summed E-state index contributed by atoms with van der Waals surface area (Å²) in [7, 11) is 0. The maximum atomic E-state index is 11.9. The summed E-state index contributed by atoms with van der Waals surface area (Å²) in [6.07, 6.45) is 2.11. The standard InChI is InChI=1S/C21H22ClNO2/c1-3-7-19(15-8-5-4-6-9-15)23-13-16-11-21(24)25-20-10-14(2)18(22)12-17(16)20/h4-6,8-12,19,23H,3,7,13H2,1-2H3/t19-/m1/s1. The van der Waals surface area contributed by atoms with Crippen molar-refractivity contribution in [1.29, 1.82) is 0 Å².